The Bertz CT molecular complexity index is 133. The standard InChI is InChI=1S/C5H9N3/c1-2-5-8-6-3-4-7-8/h3-4H,2,5H2,1H3/p+1. The van der Waals surface area contributed by atoms with E-state index in [9.17, 15) is 0 Å². The lowest BCUT2D eigenvalue weighted by atomic mass is 10.5. The number of aromatic nitrogens is 3. The summed E-state index contributed by atoms with van der Waals surface area (Å²) in [5.74, 6) is 0. The van der Waals surface area contributed by atoms with Crippen LogP contribution in [0.25, 0.3) is 0 Å². The van der Waals surface area contributed by atoms with E-state index in [0.29, 0.717) is 0 Å². The zero-order chi connectivity index (χ0) is 5.82. The first kappa shape index (κ1) is 5.28. The molecule has 0 amide bonds. The number of H-pyrrole nitrogens is 1. The monoisotopic (exact) mass is 112 g/mol. The van der Waals surface area contributed by atoms with Gasteiger partial charge in [0.1, 0.15) is 0 Å². The molecular weight excluding hydrogens is 102 g/mol. The van der Waals surface area contributed by atoms with Crippen LogP contribution in [0.1, 0.15) is 13.3 Å². The average Bonchev–Trinajstić information content (AvgIpc) is 2.19. The molecule has 0 fully saturated rings. The van der Waals surface area contributed by atoms with E-state index in [-0.39, 0.29) is 0 Å². The van der Waals surface area contributed by atoms with Crippen LogP contribution in [-0.4, -0.2) is 9.90 Å². The van der Waals surface area contributed by atoms with Crippen molar-refractivity contribution in [3.8, 4) is 0 Å². The number of rotatable bonds is 2. The Balaban J connectivity index is 2.50. The van der Waals surface area contributed by atoms with Gasteiger partial charge in [-0.2, -0.15) is 5.10 Å². The Hall–Kier alpha value is -0.860. The minimum Gasteiger partial charge on any atom is -0.174 e. The predicted molar refractivity (Wildman–Crippen MR) is 29.1 cm³/mol. The maximum atomic E-state index is 3.97. The molecule has 1 heterocycles. The van der Waals surface area contributed by atoms with Crippen LogP contribution in [0.15, 0.2) is 12.4 Å². The maximum absolute atomic E-state index is 3.97. The van der Waals surface area contributed by atoms with Crippen molar-refractivity contribution in [1.29, 1.82) is 0 Å². The van der Waals surface area contributed by atoms with Gasteiger partial charge in [0.05, 0.1) is 6.54 Å². The summed E-state index contributed by atoms with van der Waals surface area (Å²) in [6, 6.07) is 0. The number of nitrogens with one attached hydrogen (secondary N) is 1. The highest BCUT2D eigenvalue weighted by Crippen LogP contribution is 1.77. The third-order valence-corrected chi connectivity index (χ3v) is 0.940. The Labute approximate surface area is 48.3 Å². The van der Waals surface area contributed by atoms with Crippen molar-refractivity contribution in [3.63, 3.8) is 0 Å². The van der Waals surface area contributed by atoms with Gasteiger partial charge in [-0.1, -0.05) is 6.92 Å². The molecule has 1 aromatic rings. The smallest absolute Gasteiger partial charge is 0.174 e. The van der Waals surface area contributed by atoms with Crippen molar-refractivity contribution in [3.05, 3.63) is 12.4 Å². The quantitative estimate of drug-likeness (QED) is 0.534. The number of aromatic amines is 1. The lowest BCUT2D eigenvalue weighted by Gasteiger charge is -1.83. The second-order valence-electron chi connectivity index (χ2n) is 1.68. The SMILES string of the molecule is CCCn1ncc[nH+]1. The van der Waals surface area contributed by atoms with Gasteiger partial charge < -0.3 is 0 Å². The Morgan fingerprint density at radius 3 is 3.12 bits per heavy atom. The van der Waals surface area contributed by atoms with Crippen molar-refractivity contribution in [1.82, 2.24) is 9.90 Å². The van der Waals surface area contributed by atoms with Crippen LogP contribution < -0.4 is 5.10 Å². The van der Waals surface area contributed by atoms with Gasteiger partial charge >= 0.3 is 0 Å². The molecule has 0 aromatic carbocycles. The van der Waals surface area contributed by atoms with E-state index in [1.807, 2.05) is 6.20 Å². The molecule has 0 atom stereocenters. The molecule has 0 unspecified atom stereocenters. The van der Waals surface area contributed by atoms with Crippen LogP contribution in [0.4, 0.5) is 0 Å². The van der Waals surface area contributed by atoms with Gasteiger partial charge in [-0.3, -0.25) is 0 Å². The first-order valence-corrected chi connectivity index (χ1v) is 2.83. The third kappa shape index (κ3) is 1.05. The molecule has 0 saturated carbocycles. The molecule has 44 valence electrons. The van der Waals surface area contributed by atoms with Crippen molar-refractivity contribution in [2.75, 3.05) is 0 Å². The minimum atomic E-state index is 0.979. The highest BCUT2D eigenvalue weighted by molar-refractivity contribution is 4.49. The topological polar surface area (TPSA) is 32.0 Å². The zero-order valence-electron chi connectivity index (χ0n) is 4.96. The highest BCUT2D eigenvalue weighted by atomic mass is 15.5. The lowest BCUT2D eigenvalue weighted by molar-refractivity contribution is -0.497. The molecule has 0 aliphatic heterocycles. The molecule has 1 N–H and O–H groups in total. The number of aryl methyl sites for hydroxylation is 1. The van der Waals surface area contributed by atoms with E-state index in [4.69, 9.17) is 0 Å². The second-order valence-corrected chi connectivity index (χ2v) is 1.68. The van der Waals surface area contributed by atoms with Crippen LogP contribution in [0, 0.1) is 0 Å². The summed E-state index contributed by atoms with van der Waals surface area (Å²) >= 11 is 0. The van der Waals surface area contributed by atoms with E-state index in [1.54, 1.807) is 11.0 Å². The molecule has 0 radical (unpaired) electrons. The van der Waals surface area contributed by atoms with Gasteiger partial charge in [0.15, 0.2) is 6.20 Å². The minimum absolute atomic E-state index is 0.979. The van der Waals surface area contributed by atoms with Gasteiger partial charge in [-0.15, -0.1) is 0 Å². The van der Waals surface area contributed by atoms with Gasteiger partial charge in [0.25, 0.3) is 0 Å². The molecule has 3 nitrogen and oxygen atoms in total. The number of hydrogen-bond acceptors (Lipinski definition) is 1. The van der Waals surface area contributed by atoms with Gasteiger partial charge in [0, 0.05) is 5.10 Å². The summed E-state index contributed by atoms with van der Waals surface area (Å²) in [6.45, 7) is 3.10. The largest absolute Gasteiger partial charge is 0.206 e. The van der Waals surface area contributed by atoms with Crippen LogP contribution in [0.3, 0.4) is 0 Å². The van der Waals surface area contributed by atoms with Crippen molar-refractivity contribution < 1.29 is 5.10 Å². The summed E-state index contributed by atoms with van der Waals surface area (Å²) < 4.78 is 0. The first-order chi connectivity index (χ1) is 3.93. The molecule has 1 aromatic heterocycles. The summed E-state index contributed by atoms with van der Waals surface area (Å²) in [5.41, 5.74) is 0. The Morgan fingerprint density at radius 1 is 1.75 bits per heavy atom. The highest BCUT2D eigenvalue weighted by Gasteiger charge is 1.92. The average molecular weight is 112 g/mol. The van der Waals surface area contributed by atoms with Crippen molar-refractivity contribution in [2.45, 2.75) is 19.9 Å². The normalized spacial score (nSPS) is 9.62. The molecule has 0 aliphatic rings. The summed E-state index contributed by atoms with van der Waals surface area (Å²) in [7, 11) is 0. The van der Waals surface area contributed by atoms with E-state index in [0.717, 1.165) is 13.0 Å². The fourth-order valence-corrected chi connectivity index (χ4v) is 0.601. The second kappa shape index (κ2) is 2.45. The lowest BCUT2D eigenvalue weighted by Crippen LogP contribution is -2.18. The predicted octanol–water partition coefficient (Wildman–Crippen LogP) is 0.107. The fraction of sp³-hybridized carbons (Fsp3) is 0.600. The number of nitrogens with zero attached hydrogens (tertiary/aromatic N) is 2. The van der Waals surface area contributed by atoms with E-state index in [1.165, 1.54) is 0 Å². The molecule has 8 heavy (non-hydrogen) atoms. The first-order valence-electron chi connectivity index (χ1n) is 2.83. The molecule has 0 aliphatic carbocycles. The molecule has 3 heteroatoms. The van der Waals surface area contributed by atoms with E-state index >= 15 is 0 Å². The summed E-state index contributed by atoms with van der Waals surface area (Å²) in [4.78, 5) is 1.81. The van der Waals surface area contributed by atoms with Crippen LogP contribution in [-0.2, 0) is 6.54 Å². The summed E-state index contributed by atoms with van der Waals surface area (Å²) in [6.07, 6.45) is 4.68. The van der Waals surface area contributed by atoms with Crippen LogP contribution in [0.5, 0.6) is 0 Å². The number of hydrogen-bond donors (Lipinski definition) is 0. The zero-order valence-corrected chi connectivity index (χ0v) is 4.96. The Kier molecular flexibility index (Phi) is 1.62. The molecule has 1 rings (SSSR count). The summed E-state index contributed by atoms with van der Waals surface area (Å²) in [5, 5.41) is 6.91. The molecule has 0 spiro atoms. The van der Waals surface area contributed by atoms with Crippen molar-refractivity contribution >= 4 is 0 Å². The van der Waals surface area contributed by atoms with E-state index in [2.05, 4.69) is 17.1 Å². The Morgan fingerprint density at radius 2 is 2.62 bits per heavy atom. The van der Waals surface area contributed by atoms with Gasteiger partial charge in [-0.05, 0) is 11.2 Å². The fourth-order valence-electron chi connectivity index (χ4n) is 0.601. The van der Waals surface area contributed by atoms with Gasteiger partial charge in [-0.25, -0.2) is 0 Å². The van der Waals surface area contributed by atoms with Gasteiger partial charge in [0.2, 0.25) is 6.20 Å². The van der Waals surface area contributed by atoms with E-state index < -0.39 is 0 Å². The molecular formula is C5H10N3+. The molecule has 0 saturated heterocycles. The third-order valence-electron chi connectivity index (χ3n) is 0.940. The van der Waals surface area contributed by atoms with Crippen molar-refractivity contribution in [2.24, 2.45) is 0 Å². The molecule has 0 bridgehead atoms. The van der Waals surface area contributed by atoms with Crippen LogP contribution in [0.2, 0.25) is 0 Å². The van der Waals surface area contributed by atoms with Crippen LogP contribution >= 0.6 is 0 Å². The maximum Gasteiger partial charge on any atom is 0.206 e.